The second-order valence-corrected chi connectivity index (χ2v) is 3.50. The molecule has 0 aromatic carbocycles. The maximum Gasteiger partial charge on any atom is 0.0944 e. The van der Waals surface area contributed by atoms with Crippen molar-refractivity contribution in [2.24, 2.45) is 0 Å². The lowest BCUT2D eigenvalue weighted by Crippen LogP contribution is -2.03. The Balaban J connectivity index is 3.19. The summed E-state index contributed by atoms with van der Waals surface area (Å²) in [6, 6.07) is 0.398. The smallest absolute Gasteiger partial charge is 0.0944 e. The highest BCUT2D eigenvalue weighted by molar-refractivity contribution is 7.80. The summed E-state index contributed by atoms with van der Waals surface area (Å²) in [7, 11) is 0. The first kappa shape index (κ1) is 8.65. The molecule has 0 unspecified atom stereocenters. The zero-order valence-electron chi connectivity index (χ0n) is 7.42. The van der Waals surface area contributed by atoms with Crippen LogP contribution in [-0.4, -0.2) is 9.78 Å². The summed E-state index contributed by atoms with van der Waals surface area (Å²) in [6.45, 7) is 8.26. The van der Waals surface area contributed by atoms with E-state index in [9.17, 15) is 0 Å². The molecule has 62 valence electrons. The van der Waals surface area contributed by atoms with Crippen molar-refractivity contribution in [3.8, 4) is 0 Å². The molecule has 0 saturated heterocycles. The van der Waals surface area contributed by atoms with Gasteiger partial charge in [-0.2, -0.15) is 5.10 Å². The number of rotatable bonds is 1. The second kappa shape index (κ2) is 2.89. The van der Waals surface area contributed by atoms with E-state index in [0.29, 0.717) is 6.04 Å². The summed E-state index contributed by atoms with van der Waals surface area (Å²) in [6.07, 6.45) is 0. The standard InChI is InChI=1S/C8H14N2S/c1-5(2)10-8(11)6(3)7(4)9-10/h5,11H,1-4H3. The zero-order chi connectivity index (χ0) is 8.59. The molecular formula is C8H14N2S. The molecule has 11 heavy (non-hydrogen) atoms. The maximum absolute atomic E-state index is 4.37. The van der Waals surface area contributed by atoms with Crippen LogP contribution < -0.4 is 0 Å². The van der Waals surface area contributed by atoms with Gasteiger partial charge in [0.2, 0.25) is 0 Å². The highest BCUT2D eigenvalue weighted by Crippen LogP contribution is 2.19. The van der Waals surface area contributed by atoms with Crippen molar-refractivity contribution in [3.05, 3.63) is 11.3 Å². The third kappa shape index (κ3) is 1.43. The Bertz CT molecular complexity index is 263. The van der Waals surface area contributed by atoms with E-state index < -0.39 is 0 Å². The number of hydrogen-bond acceptors (Lipinski definition) is 2. The average molecular weight is 170 g/mol. The molecule has 0 amide bonds. The van der Waals surface area contributed by atoms with Crippen molar-refractivity contribution in [1.29, 1.82) is 0 Å². The molecule has 2 nitrogen and oxygen atoms in total. The van der Waals surface area contributed by atoms with Gasteiger partial charge < -0.3 is 0 Å². The topological polar surface area (TPSA) is 17.8 Å². The van der Waals surface area contributed by atoms with Crippen molar-refractivity contribution in [2.45, 2.75) is 38.8 Å². The number of aromatic nitrogens is 2. The van der Waals surface area contributed by atoms with E-state index in [1.54, 1.807) is 0 Å². The van der Waals surface area contributed by atoms with Crippen molar-refractivity contribution >= 4 is 12.6 Å². The molecule has 1 aromatic rings. The number of nitrogens with zero attached hydrogens (tertiary/aromatic N) is 2. The largest absolute Gasteiger partial charge is 0.256 e. The molecule has 0 aliphatic heterocycles. The molecule has 0 aliphatic carbocycles. The predicted molar refractivity (Wildman–Crippen MR) is 49.3 cm³/mol. The molecule has 0 atom stereocenters. The lowest BCUT2D eigenvalue weighted by molar-refractivity contribution is 0.490. The zero-order valence-corrected chi connectivity index (χ0v) is 8.31. The van der Waals surface area contributed by atoms with Gasteiger partial charge in [-0.1, -0.05) is 0 Å². The van der Waals surface area contributed by atoms with E-state index in [2.05, 4.69) is 31.6 Å². The van der Waals surface area contributed by atoms with Gasteiger partial charge in [0.1, 0.15) is 0 Å². The van der Waals surface area contributed by atoms with Crippen molar-refractivity contribution in [1.82, 2.24) is 9.78 Å². The van der Waals surface area contributed by atoms with Crippen molar-refractivity contribution < 1.29 is 0 Å². The van der Waals surface area contributed by atoms with Gasteiger partial charge >= 0.3 is 0 Å². The Morgan fingerprint density at radius 2 is 1.91 bits per heavy atom. The Kier molecular flexibility index (Phi) is 2.28. The number of hydrogen-bond donors (Lipinski definition) is 1. The van der Waals surface area contributed by atoms with E-state index in [0.717, 1.165) is 10.7 Å². The van der Waals surface area contributed by atoms with Gasteiger partial charge in [-0.05, 0) is 27.7 Å². The highest BCUT2D eigenvalue weighted by atomic mass is 32.1. The summed E-state index contributed by atoms with van der Waals surface area (Å²) in [4.78, 5) is 0. The molecular weight excluding hydrogens is 156 g/mol. The first-order valence-electron chi connectivity index (χ1n) is 3.78. The van der Waals surface area contributed by atoms with Gasteiger partial charge in [-0.3, -0.25) is 4.68 Å². The second-order valence-electron chi connectivity index (χ2n) is 3.07. The first-order valence-corrected chi connectivity index (χ1v) is 4.23. The SMILES string of the molecule is Cc1nn(C(C)C)c(S)c1C. The van der Waals surface area contributed by atoms with Crippen LogP contribution in [0.2, 0.25) is 0 Å². The van der Waals surface area contributed by atoms with Crippen LogP contribution in [0, 0.1) is 13.8 Å². The van der Waals surface area contributed by atoms with Gasteiger partial charge in [0.25, 0.3) is 0 Å². The monoisotopic (exact) mass is 170 g/mol. The molecule has 1 aromatic heterocycles. The fraction of sp³-hybridized carbons (Fsp3) is 0.625. The van der Waals surface area contributed by atoms with Crippen LogP contribution in [0.15, 0.2) is 5.03 Å². The molecule has 0 radical (unpaired) electrons. The van der Waals surface area contributed by atoms with Gasteiger partial charge in [-0.25, -0.2) is 0 Å². The number of aryl methyl sites for hydroxylation is 1. The van der Waals surface area contributed by atoms with Gasteiger partial charge in [0, 0.05) is 11.6 Å². The molecule has 1 rings (SSSR count). The Labute approximate surface area is 73.0 Å². The average Bonchev–Trinajstić information content (AvgIpc) is 2.17. The van der Waals surface area contributed by atoms with Crippen molar-refractivity contribution in [2.75, 3.05) is 0 Å². The van der Waals surface area contributed by atoms with Crippen LogP contribution in [0.1, 0.15) is 31.1 Å². The summed E-state index contributed by atoms with van der Waals surface area (Å²) >= 11 is 4.37. The lowest BCUT2D eigenvalue weighted by atomic mass is 10.3. The van der Waals surface area contributed by atoms with E-state index in [1.165, 1.54) is 5.56 Å². The predicted octanol–water partition coefficient (Wildman–Crippen LogP) is 2.37. The molecule has 0 fully saturated rings. The third-order valence-electron chi connectivity index (χ3n) is 1.84. The Morgan fingerprint density at radius 3 is 2.09 bits per heavy atom. The summed E-state index contributed by atoms with van der Waals surface area (Å²) in [5.41, 5.74) is 2.26. The minimum absolute atomic E-state index is 0.398. The maximum atomic E-state index is 4.37. The quantitative estimate of drug-likeness (QED) is 0.641. The van der Waals surface area contributed by atoms with Crippen LogP contribution in [-0.2, 0) is 0 Å². The van der Waals surface area contributed by atoms with Crippen LogP contribution in [0.25, 0.3) is 0 Å². The van der Waals surface area contributed by atoms with E-state index in [4.69, 9.17) is 0 Å². The van der Waals surface area contributed by atoms with Gasteiger partial charge in [0.15, 0.2) is 0 Å². The normalized spacial score (nSPS) is 11.1. The fourth-order valence-electron chi connectivity index (χ4n) is 0.978. The highest BCUT2D eigenvalue weighted by Gasteiger charge is 2.09. The Morgan fingerprint density at radius 1 is 1.36 bits per heavy atom. The molecule has 0 bridgehead atoms. The summed E-state index contributed by atoms with van der Waals surface area (Å²) in [5.74, 6) is 0. The molecule has 0 spiro atoms. The van der Waals surface area contributed by atoms with Gasteiger partial charge in [0.05, 0.1) is 10.7 Å². The number of thiol groups is 1. The van der Waals surface area contributed by atoms with E-state index >= 15 is 0 Å². The molecule has 3 heteroatoms. The summed E-state index contributed by atoms with van der Waals surface area (Å²) in [5, 5.41) is 5.33. The summed E-state index contributed by atoms with van der Waals surface area (Å²) < 4.78 is 1.94. The molecule has 0 saturated carbocycles. The van der Waals surface area contributed by atoms with Crippen molar-refractivity contribution in [3.63, 3.8) is 0 Å². The van der Waals surface area contributed by atoms with Crippen LogP contribution in [0.5, 0.6) is 0 Å². The van der Waals surface area contributed by atoms with Crippen LogP contribution in [0.3, 0.4) is 0 Å². The lowest BCUT2D eigenvalue weighted by Gasteiger charge is -2.06. The van der Waals surface area contributed by atoms with Crippen LogP contribution in [0.4, 0.5) is 0 Å². The fourth-order valence-corrected chi connectivity index (χ4v) is 1.42. The minimum Gasteiger partial charge on any atom is -0.256 e. The molecule has 1 heterocycles. The van der Waals surface area contributed by atoms with E-state index in [-0.39, 0.29) is 0 Å². The minimum atomic E-state index is 0.398. The van der Waals surface area contributed by atoms with Gasteiger partial charge in [-0.15, -0.1) is 12.6 Å². The van der Waals surface area contributed by atoms with E-state index in [1.807, 2.05) is 18.5 Å². The molecule has 0 aliphatic rings. The van der Waals surface area contributed by atoms with Crippen LogP contribution >= 0.6 is 12.6 Å². The molecule has 0 N–H and O–H groups in total. The first-order chi connectivity index (χ1) is 5.04. The Hall–Kier alpha value is -0.440. The third-order valence-corrected chi connectivity index (χ3v) is 2.38.